The Morgan fingerprint density at radius 3 is 2.88 bits per heavy atom. The zero-order chi connectivity index (χ0) is 11.4. The second-order valence-corrected chi connectivity index (χ2v) is 4.86. The number of carbonyl (C=O) groups is 1. The van der Waals surface area contributed by atoms with Gasteiger partial charge in [0.2, 0.25) is 5.91 Å². The van der Waals surface area contributed by atoms with E-state index in [9.17, 15) is 4.79 Å². The molecule has 4 atom stereocenters. The third-order valence-corrected chi connectivity index (χ3v) is 4.04. The van der Waals surface area contributed by atoms with Crippen molar-refractivity contribution in [2.45, 2.75) is 18.1 Å². The molecule has 3 aliphatic heterocycles. The molecule has 1 saturated heterocycles. The topological polar surface area (TPSA) is 35.9 Å². The molecule has 0 aromatic carbocycles. The molecule has 0 bridgehead atoms. The summed E-state index contributed by atoms with van der Waals surface area (Å²) in [5.41, 5.74) is 0. The SMILES string of the molecule is O=C1C2C=CC=CC2N2C=NCC2C2C=CN12. The van der Waals surface area contributed by atoms with Crippen molar-refractivity contribution in [2.75, 3.05) is 6.54 Å². The molecule has 0 saturated carbocycles. The standard InChI is InChI=1S/C13H13N3O/c17-13-9-3-1-2-4-10(9)16-8-14-7-12(16)11-5-6-15(11)13/h1-6,8-12H,7H2. The van der Waals surface area contributed by atoms with Gasteiger partial charge in [0.25, 0.3) is 0 Å². The van der Waals surface area contributed by atoms with E-state index in [1.807, 2.05) is 35.7 Å². The van der Waals surface area contributed by atoms with Crippen molar-refractivity contribution in [3.63, 3.8) is 0 Å². The average Bonchev–Trinajstić information content (AvgIpc) is 2.74. The lowest BCUT2D eigenvalue weighted by Crippen LogP contribution is -2.51. The van der Waals surface area contributed by atoms with Crippen molar-refractivity contribution >= 4 is 12.2 Å². The molecule has 3 heterocycles. The quantitative estimate of drug-likeness (QED) is 0.606. The van der Waals surface area contributed by atoms with Crippen LogP contribution in [-0.4, -0.2) is 46.7 Å². The lowest BCUT2D eigenvalue weighted by Gasteiger charge is -2.38. The lowest BCUT2D eigenvalue weighted by atomic mass is 9.93. The molecule has 4 nitrogen and oxygen atoms in total. The minimum atomic E-state index is -0.0676. The Morgan fingerprint density at radius 1 is 1.18 bits per heavy atom. The Bertz CT molecular complexity index is 491. The van der Waals surface area contributed by atoms with E-state index >= 15 is 0 Å². The molecule has 1 amide bonds. The van der Waals surface area contributed by atoms with Crippen molar-refractivity contribution in [1.29, 1.82) is 0 Å². The molecule has 4 aliphatic rings. The highest BCUT2D eigenvalue weighted by Crippen LogP contribution is 2.34. The predicted molar refractivity (Wildman–Crippen MR) is 64.3 cm³/mol. The van der Waals surface area contributed by atoms with Gasteiger partial charge in [0.05, 0.1) is 36.9 Å². The number of allylic oxidation sites excluding steroid dienone is 2. The molecule has 0 radical (unpaired) electrons. The van der Waals surface area contributed by atoms with E-state index in [2.05, 4.69) is 22.0 Å². The fourth-order valence-corrected chi connectivity index (χ4v) is 3.10. The van der Waals surface area contributed by atoms with Crippen LogP contribution in [0.5, 0.6) is 0 Å². The number of hydrogen-bond donors (Lipinski definition) is 0. The molecular weight excluding hydrogens is 214 g/mol. The summed E-state index contributed by atoms with van der Waals surface area (Å²) in [5, 5.41) is 0. The number of rotatable bonds is 0. The second-order valence-electron chi connectivity index (χ2n) is 4.86. The van der Waals surface area contributed by atoms with E-state index in [0.29, 0.717) is 6.04 Å². The fourth-order valence-electron chi connectivity index (χ4n) is 3.10. The number of amides is 1. The van der Waals surface area contributed by atoms with E-state index < -0.39 is 0 Å². The summed E-state index contributed by atoms with van der Waals surface area (Å²) in [6, 6.07) is 0.656. The van der Waals surface area contributed by atoms with Crippen LogP contribution in [0.15, 0.2) is 41.6 Å². The molecule has 0 aromatic rings. The van der Waals surface area contributed by atoms with Crippen LogP contribution in [0.25, 0.3) is 0 Å². The molecular formula is C13H13N3O. The summed E-state index contributed by atoms with van der Waals surface area (Å²) in [5.74, 6) is 0.146. The smallest absolute Gasteiger partial charge is 0.236 e. The van der Waals surface area contributed by atoms with Gasteiger partial charge in [-0.15, -0.1) is 0 Å². The molecule has 0 spiro atoms. The summed E-state index contributed by atoms with van der Waals surface area (Å²) in [6.07, 6.45) is 14.0. The first-order chi connectivity index (χ1) is 8.36. The average molecular weight is 227 g/mol. The summed E-state index contributed by atoms with van der Waals surface area (Å²) >= 11 is 0. The highest BCUT2D eigenvalue weighted by molar-refractivity contribution is 5.86. The summed E-state index contributed by atoms with van der Waals surface area (Å²) in [4.78, 5) is 20.9. The maximum absolute atomic E-state index is 12.4. The third kappa shape index (κ3) is 1.07. The van der Waals surface area contributed by atoms with E-state index in [-0.39, 0.29) is 23.9 Å². The largest absolute Gasteiger partial charge is 0.348 e. The van der Waals surface area contributed by atoms with Crippen molar-refractivity contribution < 1.29 is 4.79 Å². The summed E-state index contributed by atoms with van der Waals surface area (Å²) in [6.45, 7) is 0.791. The van der Waals surface area contributed by atoms with E-state index in [1.165, 1.54) is 0 Å². The van der Waals surface area contributed by atoms with Gasteiger partial charge in [0.15, 0.2) is 0 Å². The number of fused-ring (bicyclic) bond motifs is 5. The molecule has 4 unspecified atom stereocenters. The van der Waals surface area contributed by atoms with Gasteiger partial charge >= 0.3 is 0 Å². The Hall–Kier alpha value is -1.84. The Morgan fingerprint density at radius 2 is 2.06 bits per heavy atom. The van der Waals surface area contributed by atoms with Gasteiger partial charge in [-0.3, -0.25) is 9.79 Å². The zero-order valence-electron chi connectivity index (χ0n) is 9.31. The van der Waals surface area contributed by atoms with Crippen LogP contribution in [0.1, 0.15) is 0 Å². The molecule has 0 N–H and O–H groups in total. The number of nitrogens with zero attached hydrogens (tertiary/aromatic N) is 3. The van der Waals surface area contributed by atoms with Gasteiger partial charge in [-0.1, -0.05) is 24.3 Å². The van der Waals surface area contributed by atoms with Gasteiger partial charge in [-0.05, 0) is 6.08 Å². The Labute approximate surface area is 99.6 Å². The van der Waals surface area contributed by atoms with Crippen LogP contribution in [0, 0.1) is 5.92 Å². The zero-order valence-corrected chi connectivity index (χ0v) is 9.31. The molecule has 1 aliphatic carbocycles. The summed E-state index contributed by atoms with van der Waals surface area (Å²) in [7, 11) is 0. The van der Waals surface area contributed by atoms with Crippen molar-refractivity contribution in [1.82, 2.24) is 9.80 Å². The van der Waals surface area contributed by atoms with E-state index in [0.717, 1.165) is 6.54 Å². The normalized spacial score (nSPS) is 40.8. The van der Waals surface area contributed by atoms with Crippen molar-refractivity contribution in [3.8, 4) is 0 Å². The molecule has 1 fully saturated rings. The monoisotopic (exact) mass is 227 g/mol. The fraction of sp³-hybridized carbons (Fsp3) is 0.385. The van der Waals surface area contributed by atoms with Gasteiger partial charge < -0.3 is 9.80 Å². The van der Waals surface area contributed by atoms with Crippen LogP contribution < -0.4 is 0 Å². The van der Waals surface area contributed by atoms with E-state index in [4.69, 9.17) is 0 Å². The van der Waals surface area contributed by atoms with Gasteiger partial charge in [0.1, 0.15) is 0 Å². The predicted octanol–water partition coefficient (Wildman–Crippen LogP) is 0.548. The Kier molecular flexibility index (Phi) is 1.68. The number of carbonyl (C=O) groups excluding carboxylic acids is 1. The maximum atomic E-state index is 12.4. The van der Waals surface area contributed by atoms with E-state index in [1.54, 1.807) is 0 Å². The number of hydrogen-bond acceptors (Lipinski definition) is 3. The second kappa shape index (κ2) is 3.09. The van der Waals surface area contributed by atoms with Crippen LogP contribution >= 0.6 is 0 Å². The maximum Gasteiger partial charge on any atom is 0.236 e. The summed E-state index contributed by atoms with van der Waals surface area (Å²) < 4.78 is 0. The molecule has 0 aromatic heterocycles. The van der Waals surface area contributed by atoms with Crippen LogP contribution in [-0.2, 0) is 4.79 Å². The third-order valence-electron chi connectivity index (χ3n) is 4.04. The molecule has 86 valence electrons. The van der Waals surface area contributed by atoms with Gasteiger partial charge in [-0.2, -0.15) is 0 Å². The molecule has 4 heteroatoms. The highest BCUT2D eigenvalue weighted by atomic mass is 16.2. The molecule has 17 heavy (non-hydrogen) atoms. The Balaban J connectivity index is 1.81. The van der Waals surface area contributed by atoms with Gasteiger partial charge in [-0.25, -0.2) is 0 Å². The van der Waals surface area contributed by atoms with Crippen molar-refractivity contribution in [3.05, 3.63) is 36.6 Å². The van der Waals surface area contributed by atoms with Crippen LogP contribution in [0.2, 0.25) is 0 Å². The first-order valence-corrected chi connectivity index (χ1v) is 5.99. The van der Waals surface area contributed by atoms with Crippen LogP contribution in [0.4, 0.5) is 0 Å². The highest BCUT2D eigenvalue weighted by Gasteiger charge is 2.47. The molecule has 4 rings (SSSR count). The first-order valence-electron chi connectivity index (χ1n) is 5.99. The number of aliphatic imine (C=N–C) groups is 1. The minimum Gasteiger partial charge on any atom is -0.348 e. The first kappa shape index (κ1) is 9.22. The van der Waals surface area contributed by atoms with Crippen LogP contribution in [0.3, 0.4) is 0 Å². The minimum absolute atomic E-state index is 0.0676. The van der Waals surface area contributed by atoms with Gasteiger partial charge in [0, 0.05) is 6.20 Å². The lowest BCUT2D eigenvalue weighted by molar-refractivity contribution is -0.133. The van der Waals surface area contributed by atoms with Crippen molar-refractivity contribution in [2.24, 2.45) is 10.9 Å².